The van der Waals surface area contributed by atoms with Crippen molar-refractivity contribution in [1.29, 1.82) is 0 Å². The summed E-state index contributed by atoms with van der Waals surface area (Å²) in [7, 11) is 0. The van der Waals surface area contributed by atoms with Crippen molar-refractivity contribution >= 4 is 5.97 Å². The monoisotopic (exact) mass is 442 g/mol. The second-order valence-electron chi connectivity index (χ2n) is 7.40. The molecule has 1 heterocycles. The fraction of sp³-hybridized carbons (Fsp3) is 0.240. The number of fused-ring (bicyclic) bond motifs is 2. The van der Waals surface area contributed by atoms with Gasteiger partial charge < -0.3 is 14.2 Å². The molecule has 0 atom stereocenters. The van der Waals surface area contributed by atoms with Crippen LogP contribution in [-0.2, 0) is 12.8 Å². The van der Waals surface area contributed by atoms with Crippen molar-refractivity contribution < 1.29 is 32.2 Å². The smallest absolute Gasteiger partial charge is 0.346 e. The van der Waals surface area contributed by atoms with Gasteiger partial charge in [0.2, 0.25) is 11.6 Å². The predicted octanol–water partition coefficient (Wildman–Crippen LogP) is 6.37. The molecular formula is C25H21F3O4. The third-order valence-corrected chi connectivity index (χ3v) is 5.16. The number of aryl methyl sites for hydroxylation is 1. The molecule has 0 fully saturated rings. The molecule has 0 saturated heterocycles. The van der Waals surface area contributed by atoms with Crippen molar-refractivity contribution in [2.75, 3.05) is 6.61 Å². The van der Waals surface area contributed by atoms with E-state index in [1.807, 2.05) is 12.1 Å². The molecule has 0 aromatic heterocycles. The summed E-state index contributed by atoms with van der Waals surface area (Å²) >= 11 is 0. The highest BCUT2D eigenvalue weighted by molar-refractivity contribution is 5.92. The summed E-state index contributed by atoms with van der Waals surface area (Å²) in [4.78, 5) is 12.5. The molecule has 166 valence electrons. The Kier molecular flexibility index (Phi) is 6.08. The molecule has 4 rings (SSSR count). The number of benzene rings is 3. The van der Waals surface area contributed by atoms with Gasteiger partial charge in [0.25, 0.3) is 0 Å². The van der Waals surface area contributed by atoms with E-state index >= 15 is 4.39 Å². The number of carbonyl (C=O) groups excluding carboxylic acids is 1. The van der Waals surface area contributed by atoms with E-state index in [9.17, 15) is 13.6 Å². The van der Waals surface area contributed by atoms with Crippen LogP contribution in [0.3, 0.4) is 0 Å². The average Bonchev–Trinajstić information content (AvgIpc) is 2.78. The maximum absolute atomic E-state index is 15.1. The third kappa shape index (κ3) is 4.02. The van der Waals surface area contributed by atoms with E-state index in [4.69, 9.17) is 14.2 Å². The van der Waals surface area contributed by atoms with E-state index < -0.39 is 29.2 Å². The molecule has 0 bridgehead atoms. The van der Waals surface area contributed by atoms with Crippen LogP contribution in [0.5, 0.6) is 23.0 Å². The molecule has 0 unspecified atom stereocenters. The minimum absolute atomic E-state index is 0.0904. The Morgan fingerprint density at radius 1 is 0.938 bits per heavy atom. The Bertz CT molecular complexity index is 1170. The Hall–Kier alpha value is -3.48. The van der Waals surface area contributed by atoms with Gasteiger partial charge in [-0.3, -0.25) is 0 Å². The van der Waals surface area contributed by atoms with Gasteiger partial charge in [-0.2, -0.15) is 8.78 Å². The van der Waals surface area contributed by atoms with Crippen molar-refractivity contribution in [3.63, 3.8) is 0 Å². The third-order valence-electron chi connectivity index (χ3n) is 5.16. The zero-order chi connectivity index (χ0) is 22.8. The van der Waals surface area contributed by atoms with Crippen molar-refractivity contribution in [2.24, 2.45) is 0 Å². The molecule has 1 aliphatic rings. The summed E-state index contributed by atoms with van der Waals surface area (Å²) in [6.07, 6.45) is 1.98. The molecule has 7 heteroatoms. The Morgan fingerprint density at radius 2 is 1.66 bits per heavy atom. The van der Waals surface area contributed by atoms with E-state index in [0.29, 0.717) is 11.1 Å². The lowest BCUT2D eigenvalue weighted by atomic mass is 9.97. The highest BCUT2D eigenvalue weighted by Gasteiger charge is 2.30. The summed E-state index contributed by atoms with van der Waals surface area (Å²) in [6, 6.07) is 11.1. The van der Waals surface area contributed by atoms with Gasteiger partial charge in [-0.25, -0.2) is 9.18 Å². The molecule has 3 aromatic carbocycles. The lowest BCUT2D eigenvalue weighted by Gasteiger charge is -2.23. The quantitative estimate of drug-likeness (QED) is 0.257. The van der Waals surface area contributed by atoms with Crippen molar-refractivity contribution in [3.8, 4) is 23.0 Å². The molecular weight excluding hydrogens is 421 g/mol. The van der Waals surface area contributed by atoms with Crippen LogP contribution >= 0.6 is 0 Å². The Labute approximate surface area is 183 Å². The standard InChI is InChI=1S/C25H21F3O4/c1-3-5-14-6-9-17(10-7-14)31-25(29)18-11-8-15-12-16-13-19(30-4-2)21(27)22(28)24(16)32-23(15)20(18)26/h6-11,13H,3-5,12H2,1-2H3. The zero-order valence-electron chi connectivity index (χ0n) is 17.6. The SMILES string of the molecule is CCCc1ccc(OC(=O)c2ccc3c(c2F)Oc2c(cc(OCC)c(F)c2F)C3)cc1. The van der Waals surface area contributed by atoms with Crippen molar-refractivity contribution in [3.05, 3.63) is 82.2 Å². The molecule has 0 aliphatic carbocycles. The highest BCUT2D eigenvalue weighted by atomic mass is 19.2. The molecule has 1 aliphatic heterocycles. The summed E-state index contributed by atoms with van der Waals surface area (Å²) in [5.41, 5.74) is 1.45. The number of hydrogen-bond acceptors (Lipinski definition) is 4. The van der Waals surface area contributed by atoms with Crippen LogP contribution in [0.25, 0.3) is 0 Å². The predicted molar refractivity (Wildman–Crippen MR) is 112 cm³/mol. The van der Waals surface area contributed by atoms with Crippen LogP contribution in [0, 0.1) is 17.5 Å². The molecule has 0 amide bonds. The number of hydrogen-bond donors (Lipinski definition) is 0. The van der Waals surface area contributed by atoms with Crippen LogP contribution in [0.15, 0.2) is 42.5 Å². The number of carbonyl (C=O) groups is 1. The number of rotatable bonds is 6. The molecule has 0 saturated carbocycles. The van der Waals surface area contributed by atoms with Gasteiger partial charge in [0.15, 0.2) is 23.1 Å². The lowest BCUT2D eigenvalue weighted by Crippen LogP contribution is -2.15. The van der Waals surface area contributed by atoms with Gasteiger partial charge in [-0.15, -0.1) is 0 Å². The fourth-order valence-corrected chi connectivity index (χ4v) is 3.62. The summed E-state index contributed by atoms with van der Waals surface area (Å²) in [5.74, 6) is -5.10. The summed E-state index contributed by atoms with van der Waals surface area (Å²) in [5, 5.41) is 0. The van der Waals surface area contributed by atoms with E-state index in [1.165, 1.54) is 18.2 Å². The van der Waals surface area contributed by atoms with Crippen LogP contribution < -0.4 is 14.2 Å². The highest BCUT2D eigenvalue weighted by Crippen LogP contribution is 2.43. The van der Waals surface area contributed by atoms with Crippen LogP contribution in [0.4, 0.5) is 13.2 Å². The summed E-state index contributed by atoms with van der Waals surface area (Å²) in [6.45, 7) is 3.87. The first-order valence-corrected chi connectivity index (χ1v) is 10.4. The van der Waals surface area contributed by atoms with Crippen molar-refractivity contribution in [1.82, 2.24) is 0 Å². The second-order valence-corrected chi connectivity index (χ2v) is 7.40. The minimum Gasteiger partial charge on any atom is -0.491 e. The first kappa shape index (κ1) is 21.7. The van der Waals surface area contributed by atoms with Gasteiger partial charge in [-0.1, -0.05) is 31.5 Å². The largest absolute Gasteiger partial charge is 0.491 e. The van der Waals surface area contributed by atoms with Crippen molar-refractivity contribution in [2.45, 2.75) is 33.1 Å². The van der Waals surface area contributed by atoms with E-state index in [0.717, 1.165) is 18.4 Å². The fourth-order valence-electron chi connectivity index (χ4n) is 3.62. The maximum atomic E-state index is 15.1. The molecule has 3 aromatic rings. The number of halogens is 3. The first-order chi connectivity index (χ1) is 15.4. The van der Waals surface area contributed by atoms with E-state index in [-0.39, 0.29) is 35.8 Å². The zero-order valence-corrected chi connectivity index (χ0v) is 17.6. The number of esters is 1. The van der Waals surface area contributed by atoms with Gasteiger partial charge >= 0.3 is 5.97 Å². The molecule has 4 nitrogen and oxygen atoms in total. The Morgan fingerprint density at radius 3 is 2.34 bits per heavy atom. The molecule has 0 N–H and O–H groups in total. The lowest BCUT2D eigenvalue weighted by molar-refractivity contribution is 0.0729. The van der Waals surface area contributed by atoms with Gasteiger partial charge in [0.05, 0.1) is 12.2 Å². The average molecular weight is 442 g/mol. The van der Waals surface area contributed by atoms with Crippen LogP contribution in [0.2, 0.25) is 0 Å². The topological polar surface area (TPSA) is 44.8 Å². The Balaban J connectivity index is 1.61. The van der Waals surface area contributed by atoms with Gasteiger partial charge in [0, 0.05) is 17.5 Å². The summed E-state index contributed by atoms with van der Waals surface area (Å²) < 4.78 is 59.7. The van der Waals surface area contributed by atoms with Gasteiger partial charge in [-0.05, 0) is 43.2 Å². The first-order valence-electron chi connectivity index (χ1n) is 10.4. The number of ether oxygens (including phenoxy) is 3. The van der Waals surface area contributed by atoms with E-state index in [2.05, 4.69) is 6.92 Å². The minimum atomic E-state index is -1.27. The molecule has 32 heavy (non-hydrogen) atoms. The van der Waals surface area contributed by atoms with Crippen LogP contribution in [-0.4, -0.2) is 12.6 Å². The normalized spacial score (nSPS) is 11.9. The van der Waals surface area contributed by atoms with Gasteiger partial charge in [0.1, 0.15) is 5.75 Å². The van der Waals surface area contributed by atoms with E-state index in [1.54, 1.807) is 19.1 Å². The second kappa shape index (κ2) is 8.94. The molecule has 0 spiro atoms. The molecule has 0 radical (unpaired) electrons. The van der Waals surface area contributed by atoms with Crippen LogP contribution in [0.1, 0.15) is 47.3 Å². The maximum Gasteiger partial charge on any atom is 0.346 e.